The van der Waals surface area contributed by atoms with Crippen LogP contribution in [0.4, 0.5) is 0 Å². The number of unbranched alkanes of at least 4 members (excludes halogenated alkanes) is 57. The number of hydrogen-bond donors (Lipinski definition) is 8. The summed E-state index contributed by atoms with van der Waals surface area (Å²) in [4.78, 5) is 13.3. The molecule has 0 saturated carbocycles. The zero-order chi connectivity index (χ0) is 68.8. The van der Waals surface area contributed by atoms with Gasteiger partial charge in [-0.2, -0.15) is 0 Å². The number of hydrogen-bond acceptors (Lipinski definition) is 10. The van der Waals surface area contributed by atoms with E-state index in [0.29, 0.717) is 19.3 Å². The molecular formula is C84H161NO10. The van der Waals surface area contributed by atoms with Crippen molar-refractivity contribution in [3.05, 3.63) is 36.5 Å². The Balaban J connectivity index is 2.13. The molecule has 1 aliphatic rings. The van der Waals surface area contributed by atoms with Crippen LogP contribution in [0.3, 0.4) is 0 Å². The molecule has 8 N–H and O–H groups in total. The maximum atomic E-state index is 13.3. The first kappa shape index (κ1) is 91.3. The molecule has 1 aliphatic heterocycles. The van der Waals surface area contributed by atoms with Crippen molar-refractivity contribution in [1.29, 1.82) is 0 Å². The van der Waals surface area contributed by atoms with E-state index in [1.165, 1.54) is 334 Å². The molecule has 9 atom stereocenters. The third kappa shape index (κ3) is 58.7. The number of carbonyl (C=O) groups excluding carboxylic acids is 1. The smallest absolute Gasteiger partial charge is 0.249 e. The van der Waals surface area contributed by atoms with Crippen molar-refractivity contribution in [3.63, 3.8) is 0 Å². The highest BCUT2D eigenvalue weighted by Gasteiger charge is 2.44. The third-order valence-corrected chi connectivity index (χ3v) is 20.4. The van der Waals surface area contributed by atoms with Gasteiger partial charge in [-0.1, -0.05) is 397 Å². The van der Waals surface area contributed by atoms with Gasteiger partial charge in [-0.15, -0.1) is 0 Å². The van der Waals surface area contributed by atoms with E-state index in [9.17, 15) is 40.5 Å². The van der Waals surface area contributed by atoms with E-state index in [1.54, 1.807) is 0 Å². The Morgan fingerprint density at radius 3 is 0.937 bits per heavy atom. The fourth-order valence-electron chi connectivity index (χ4n) is 13.8. The Bertz CT molecular complexity index is 1640. The summed E-state index contributed by atoms with van der Waals surface area (Å²) < 4.78 is 11.2. The Kier molecular flexibility index (Phi) is 69.4. The summed E-state index contributed by atoms with van der Waals surface area (Å²) >= 11 is 0. The van der Waals surface area contributed by atoms with Gasteiger partial charge in [-0.3, -0.25) is 4.79 Å². The van der Waals surface area contributed by atoms with Crippen LogP contribution in [-0.2, 0) is 14.3 Å². The van der Waals surface area contributed by atoms with Gasteiger partial charge in [0.1, 0.15) is 36.6 Å². The minimum absolute atomic E-state index is 0.243. The normalized spacial score (nSPS) is 18.3. The van der Waals surface area contributed by atoms with Gasteiger partial charge in [0.2, 0.25) is 5.91 Å². The monoisotopic (exact) mass is 1340 g/mol. The standard InChI is InChI=1S/C84H161NO10/c1-3-5-7-9-11-13-15-17-19-21-23-25-27-29-31-33-35-36-37-38-39-40-41-42-44-46-48-50-52-54-56-58-60-62-64-66-68-70-72-77(88)83(93)85-75(74-94-84-82(92)81(91)80(90)78(73-86)95-84)79(89)76(87)71-69-67-65-63-61-59-57-55-53-51-49-47-45-43-34-32-30-28-26-24-22-20-18-16-14-12-10-8-6-4-2/h47,49,55,57,63,65,75-82,84,86-92H,3-46,48,50-54,56,58-62,64,66-74H2,1-2H3,(H,85,93)/b49-47+,57-55+,65-63+. The summed E-state index contributed by atoms with van der Waals surface area (Å²) in [5.74, 6) is -0.704. The van der Waals surface area contributed by atoms with Crippen LogP contribution >= 0.6 is 0 Å². The molecule has 1 heterocycles. The second-order valence-corrected chi connectivity index (χ2v) is 29.5. The summed E-state index contributed by atoms with van der Waals surface area (Å²) in [7, 11) is 0. The predicted octanol–water partition coefficient (Wildman–Crippen LogP) is 22.0. The average Bonchev–Trinajstić information content (AvgIpc) is 0.832. The summed E-state index contributed by atoms with van der Waals surface area (Å²) in [6, 6.07) is -1.20. The minimum atomic E-state index is -1.67. The maximum Gasteiger partial charge on any atom is 0.249 e. The van der Waals surface area contributed by atoms with E-state index in [2.05, 4.69) is 55.6 Å². The second-order valence-electron chi connectivity index (χ2n) is 29.5. The SMILES string of the molecule is CCCCCCCCCCCCCCCCCCC/C=C/CC/C=C/CC/C=C/CCCC(O)C(O)C(COC1OC(CO)C(O)C(O)C1O)NC(=O)C(O)CCCCCCCCCCCCCCCCCCCCCCCCCCCCCCCCCCCCCCCC. The van der Waals surface area contributed by atoms with Crippen molar-refractivity contribution in [2.45, 2.75) is 480 Å². The largest absolute Gasteiger partial charge is 0.394 e. The predicted molar refractivity (Wildman–Crippen MR) is 404 cm³/mol. The number of aliphatic hydroxyl groups excluding tert-OH is 7. The molecule has 0 aliphatic carbocycles. The van der Waals surface area contributed by atoms with E-state index in [-0.39, 0.29) is 12.8 Å². The van der Waals surface area contributed by atoms with Crippen LogP contribution in [0.2, 0.25) is 0 Å². The molecule has 0 aromatic carbocycles. The van der Waals surface area contributed by atoms with Gasteiger partial charge in [0, 0.05) is 0 Å². The Hall–Kier alpha value is -1.67. The molecule has 9 unspecified atom stereocenters. The highest BCUT2D eigenvalue weighted by atomic mass is 16.7. The van der Waals surface area contributed by atoms with Crippen LogP contribution < -0.4 is 5.32 Å². The lowest BCUT2D eigenvalue weighted by molar-refractivity contribution is -0.303. The molecule has 11 nitrogen and oxygen atoms in total. The quantitative estimate of drug-likeness (QED) is 0.0215. The van der Waals surface area contributed by atoms with Crippen molar-refractivity contribution in [3.8, 4) is 0 Å². The van der Waals surface area contributed by atoms with E-state index < -0.39 is 74.2 Å². The average molecular weight is 1350 g/mol. The Morgan fingerprint density at radius 1 is 0.358 bits per heavy atom. The van der Waals surface area contributed by atoms with Crippen molar-refractivity contribution in [2.75, 3.05) is 13.2 Å². The lowest BCUT2D eigenvalue weighted by atomic mass is 9.98. The molecular weight excluding hydrogens is 1180 g/mol. The number of allylic oxidation sites excluding steroid dienone is 6. The van der Waals surface area contributed by atoms with Crippen molar-refractivity contribution >= 4 is 5.91 Å². The molecule has 11 heteroatoms. The molecule has 1 amide bonds. The van der Waals surface area contributed by atoms with Crippen LogP contribution in [-0.4, -0.2) is 110 Å². The van der Waals surface area contributed by atoms with Gasteiger partial charge in [0.15, 0.2) is 6.29 Å². The van der Waals surface area contributed by atoms with E-state index in [1.807, 2.05) is 0 Å². The van der Waals surface area contributed by atoms with E-state index in [4.69, 9.17) is 9.47 Å². The van der Waals surface area contributed by atoms with Gasteiger partial charge in [0.05, 0.1) is 25.4 Å². The molecule has 0 spiro atoms. The first-order chi connectivity index (χ1) is 46.7. The molecule has 0 bridgehead atoms. The van der Waals surface area contributed by atoms with Crippen LogP contribution in [0.5, 0.6) is 0 Å². The number of rotatable bonds is 75. The van der Waals surface area contributed by atoms with Crippen molar-refractivity contribution in [2.24, 2.45) is 0 Å². The third-order valence-electron chi connectivity index (χ3n) is 20.4. The van der Waals surface area contributed by atoms with Crippen LogP contribution in [0.1, 0.15) is 425 Å². The summed E-state index contributed by atoms with van der Waals surface area (Å²) in [5.41, 5.74) is 0. The molecule has 1 rings (SSSR count). The zero-order valence-corrected chi connectivity index (χ0v) is 62.7. The first-order valence-corrected chi connectivity index (χ1v) is 41.9. The lowest BCUT2D eigenvalue weighted by Crippen LogP contribution is -2.60. The van der Waals surface area contributed by atoms with Gasteiger partial charge in [-0.05, 0) is 64.2 Å². The highest BCUT2D eigenvalue weighted by molar-refractivity contribution is 5.80. The van der Waals surface area contributed by atoms with Crippen LogP contribution in [0, 0.1) is 0 Å². The van der Waals surface area contributed by atoms with Gasteiger partial charge < -0.3 is 50.5 Å². The van der Waals surface area contributed by atoms with E-state index >= 15 is 0 Å². The molecule has 0 aromatic rings. The zero-order valence-electron chi connectivity index (χ0n) is 62.7. The molecule has 0 aromatic heterocycles. The molecule has 1 fully saturated rings. The van der Waals surface area contributed by atoms with Crippen LogP contribution in [0.15, 0.2) is 36.5 Å². The fraction of sp³-hybridized carbons (Fsp3) is 0.917. The highest BCUT2D eigenvalue weighted by Crippen LogP contribution is 2.25. The van der Waals surface area contributed by atoms with Crippen LogP contribution in [0.25, 0.3) is 0 Å². The summed E-state index contributed by atoms with van der Waals surface area (Å²) in [6.07, 6.45) is 84.3. The molecule has 95 heavy (non-hydrogen) atoms. The first-order valence-electron chi connectivity index (χ1n) is 41.9. The van der Waals surface area contributed by atoms with Crippen molar-refractivity contribution in [1.82, 2.24) is 5.32 Å². The number of amides is 1. The molecule has 562 valence electrons. The van der Waals surface area contributed by atoms with Gasteiger partial charge in [0.25, 0.3) is 0 Å². The fourth-order valence-corrected chi connectivity index (χ4v) is 13.8. The minimum Gasteiger partial charge on any atom is -0.394 e. The topological polar surface area (TPSA) is 189 Å². The number of carbonyl (C=O) groups is 1. The van der Waals surface area contributed by atoms with Crippen molar-refractivity contribution < 1.29 is 50.0 Å². The number of aliphatic hydroxyl groups is 7. The number of nitrogens with one attached hydrogen (secondary N) is 1. The maximum absolute atomic E-state index is 13.3. The van der Waals surface area contributed by atoms with Gasteiger partial charge >= 0.3 is 0 Å². The number of ether oxygens (including phenoxy) is 2. The lowest BCUT2D eigenvalue weighted by Gasteiger charge is -2.40. The van der Waals surface area contributed by atoms with E-state index in [0.717, 1.165) is 44.9 Å². The summed E-state index contributed by atoms with van der Waals surface area (Å²) in [6.45, 7) is 3.51. The Labute approximate surface area is 587 Å². The Morgan fingerprint density at radius 2 is 0.632 bits per heavy atom. The molecule has 0 radical (unpaired) electrons. The van der Waals surface area contributed by atoms with Gasteiger partial charge in [-0.25, -0.2) is 0 Å². The molecule has 1 saturated heterocycles. The second kappa shape index (κ2) is 72.1. The summed E-state index contributed by atoms with van der Waals surface area (Å²) in [5, 5.41) is 76.7.